The number of rotatable bonds is 4. The third-order valence-corrected chi connectivity index (χ3v) is 5.39. The van der Waals surface area contributed by atoms with Gasteiger partial charge in [0.05, 0.1) is 32.9 Å². The molecule has 170 valence electrons. The van der Waals surface area contributed by atoms with E-state index in [-0.39, 0.29) is 39.0 Å². The monoisotopic (exact) mass is 476 g/mol. The highest BCUT2D eigenvalue weighted by Crippen LogP contribution is 2.43. The van der Waals surface area contributed by atoms with Crippen LogP contribution in [0.25, 0.3) is 11.0 Å². The summed E-state index contributed by atoms with van der Waals surface area (Å²) in [5, 5.41) is 5.94. The molecule has 0 unspecified atom stereocenters. The van der Waals surface area contributed by atoms with Crippen molar-refractivity contribution in [2.24, 2.45) is 0 Å². The highest BCUT2D eigenvalue weighted by Gasteiger charge is 2.38. The first kappa shape index (κ1) is 22.4. The van der Waals surface area contributed by atoms with E-state index in [1.807, 2.05) is 0 Å². The van der Waals surface area contributed by atoms with E-state index in [2.05, 4.69) is 15.4 Å². The van der Waals surface area contributed by atoms with Crippen LogP contribution in [0.15, 0.2) is 24.3 Å². The predicted octanol–water partition coefficient (Wildman–Crippen LogP) is 5.95. The third kappa shape index (κ3) is 4.38. The van der Waals surface area contributed by atoms with Crippen LogP contribution in [0.1, 0.15) is 41.3 Å². The molecule has 0 spiro atoms. The molecule has 1 aliphatic rings. The fraction of sp³-hybridized carbons (Fsp3) is 0.350. The maximum absolute atomic E-state index is 13.6. The van der Waals surface area contributed by atoms with Crippen molar-refractivity contribution in [2.45, 2.75) is 44.6 Å². The summed E-state index contributed by atoms with van der Waals surface area (Å²) < 4.78 is 80.8. The standard InChI is InChI=1S/C20H15ClF6N4O/c1-9-17-12(20(25,26)27)7-14(10-2-3-10)29-18(17)31(30-9)8-16(32)28-15-6-11(19(22,23)24)4-5-13(15)21/h4-7,10H,2-3,8H2,1H3,(H,28,32). The minimum Gasteiger partial charge on any atom is -0.323 e. The minimum atomic E-state index is -4.64. The average molecular weight is 477 g/mol. The van der Waals surface area contributed by atoms with Crippen molar-refractivity contribution < 1.29 is 31.1 Å². The van der Waals surface area contributed by atoms with Gasteiger partial charge in [0.25, 0.3) is 0 Å². The molecule has 4 rings (SSSR count). The first-order valence-corrected chi connectivity index (χ1v) is 9.84. The number of anilines is 1. The van der Waals surface area contributed by atoms with E-state index in [4.69, 9.17) is 11.6 Å². The van der Waals surface area contributed by atoms with Crippen LogP contribution in [-0.2, 0) is 23.7 Å². The lowest BCUT2D eigenvalue weighted by Crippen LogP contribution is -2.20. The van der Waals surface area contributed by atoms with E-state index in [0.29, 0.717) is 6.07 Å². The molecule has 0 bridgehead atoms. The number of benzene rings is 1. The summed E-state index contributed by atoms with van der Waals surface area (Å²) >= 11 is 5.88. The molecule has 12 heteroatoms. The lowest BCUT2D eigenvalue weighted by Gasteiger charge is -2.13. The molecule has 1 aromatic carbocycles. The molecule has 1 N–H and O–H groups in total. The zero-order valence-corrected chi connectivity index (χ0v) is 17.2. The third-order valence-electron chi connectivity index (χ3n) is 5.06. The Bertz CT molecular complexity index is 1210. The number of carbonyl (C=O) groups is 1. The number of halogens is 7. The Morgan fingerprint density at radius 2 is 1.84 bits per heavy atom. The van der Waals surface area contributed by atoms with Gasteiger partial charge in [-0.2, -0.15) is 31.4 Å². The number of nitrogens with one attached hydrogen (secondary N) is 1. The van der Waals surface area contributed by atoms with Crippen molar-refractivity contribution >= 4 is 34.2 Å². The van der Waals surface area contributed by atoms with Gasteiger partial charge in [-0.15, -0.1) is 0 Å². The summed E-state index contributed by atoms with van der Waals surface area (Å²) in [6.07, 6.45) is -7.84. The van der Waals surface area contributed by atoms with E-state index in [1.54, 1.807) is 0 Å². The first-order valence-electron chi connectivity index (χ1n) is 9.46. The second kappa shape index (κ2) is 7.65. The summed E-state index contributed by atoms with van der Waals surface area (Å²) in [6.45, 7) is 0.809. The Morgan fingerprint density at radius 1 is 1.16 bits per heavy atom. The van der Waals surface area contributed by atoms with Crippen LogP contribution in [0.5, 0.6) is 0 Å². The van der Waals surface area contributed by atoms with Gasteiger partial charge in [0, 0.05) is 11.6 Å². The number of fused-ring (bicyclic) bond motifs is 1. The fourth-order valence-electron chi connectivity index (χ4n) is 3.42. The van der Waals surface area contributed by atoms with Crippen LogP contribution in [0, 0.1) is 6.92 Å². The van der Waals surface area contributed by atoms with Crippen LogP contribution in [0.2, 0.25) is 5.02 Å². The van der Waals surface area contributed by atoms with Crippen molar-refractivity contribution in [1.82, 2.24) is 14.8 Å². The van der Waals surface area contributed by atoms with Crippen molar-refractivity contribution in [3.05, 3.63) is 51.8 Å². The van der Waals surface area contributed by atoms with E-state index < -0.39 is 35.9 Å². The van der Waals surface area contributed by atoms with Gasteiger partial charge in [0.1, 0.15) is 6.54 Å². The highest BCUT2D eigenvalue weighted by atomic mass is 35.5. The zero-order chi connectivity index (χ0) is 23.4. The summed E-state index contributed by atoms with van der Waals surface area (Å²) in [5.41, 5.74) is -1.97. The van der Waals surface area contributed by atoms with Crippen molar-refractivity contribution in [3.8, 4) is 0 Å². The van der Waals surface area contributed by atoms with Crippen LogP contribution < -0.4 is 5.32 Å². The normalized spacial score (nSPS) is 14.8. The Hall–Kier alpha value is -2.82. The Morgan fingerprint density at radius 3 is 2.44 bits per heavy atom. The molecule has 0 aliphatic heterocycles. The van der Waals surface area contributed by atoms with Crippen molar-refractivity contribution in [1.29, 1.82) is 0 Å². The van der Waals surface area contributed by atoms with Gasteiger partial charge < -0.3 is 5.32 Å². The topological polar surface area (TPSA) is 59.8 Å². The average Bonchev–Trinajstić information content (AvgIpc) is 3.47. The SMILES string of the molecule is Cc1nn(CC(=O)Nc2cc(C(F)(F)F)ccc2Cl)c2nc(C3CC3)cc(C(F)(F)F)c12. The molecule has 5 nitrogen and oxygen atoms in total. The van der Waals surface area contributed by atoms with E-state index >= 15 is 0 Å². The second-order valence-electron chi connectivity index (χ2n) is 7.55. The number of aromatic nitrogens is 3. The lowest BCUT2D eigenvalue weighted by atomic mass is 10.1. The van der Waals surface area contributed by atoms with Gasteiger partial charge in [-0.1, -0.05) is 11.6 Å². The summed E-state index contributed by atoms with van der Waals surface area (Å²) in [5.74, 6) is -0.898. The molecule has 0 atom stereocenters. The van der Waals surface area contributed by atoms with E-state index in [9.17, 15) is 31.1 Å². The minimum absolute atomic E-state index is 0.0343. The van der Waals surface area contributed by atoms with Gasteiger partial charge in [-0.3, -0.25) is 4.79 Å². The number of nitrogens with zero attached hydrogens (tertiary/aromatic N) is 3. The molecule has 1 aliphatic carbocycles. The van der Waals surface area contributed by atoms with Crippen LogP contribution in [0.4, 0.5) is 32.0 Å². The largest absolute Gasteiger partial charge is 0.417 e. The van der Waals surface area contributed by atoms with Crippen molar-refractivity contribution in [2.75, 3.05) is 5.32 Å². The molecule has 2 heterocycles. The second-order valence-corrected chi connectivity index (χ2v) is 7.96. The Kier molecular flexibility index (Phi) is 5.35. The quantitative estimate of drug-likeness (QED) is 0.474. The number of carbonyl (C=O) groups excluding carboxylic acids is 1. The van der Waals surface area contributed by atoms with E-state index in [0.717, 1.165) is 35.7 Å². The summed E-state index contributed by atoms with van der Waals surface area (Å²) in [4.78, 5) is 16.8. The number of alkyl halides is 6. The molecule has 2 aromatic heterocycles. The number of hydrogen-bond acceptors (Lipinski definition) is 3. The smallest absolute Gasteiger partial charge is 0.323 e. The van der Waals surface area contributed by atoms with Gasteiger partial charge in [-0.25, -0.2) is 9.67 Å². The molecule has 3 aromatic rings. The maximum atomic E-state index is 13.6. The Labute approximate surface area is 182 Å². The summed E-state index contributed by atoms with van der Waals surface area (Å²) in [6, 6.07) is 3.45. The first-order chi connectivity index (χ1) is 14.8. The van der Waals surface area contributed by atoms with Crippen molar-refractivity contribution in [3.63, 3.8) is 0 Å². The summed E-state index contributed by atoms with van der Waals surface area (Å²) in [7, 11) is 0. The lowest BCUT2D eigenvalue weighted by molar-refractivity contribution is -0.138. The molecule has 0 radical (unpaired) electrons. The van der Waals surface area contributed by atoms with Gasteiger partial charge in [0.2, 0.25) is 5.91 Å². The molecule has 0 saturated heterocycles. The molecule has 1 saturated carbocycles. The fourth-order valence-corrected chi connectivity index (χ4v) is 3.58. The molecule has 1 fully saturated rings. The maximum Gasteiger partial charge on any atom is 0.417 e. The van der Waals surface area contributed by atoms with Gasteiger partial charge >= 0.3 is 12.4 Å². The number of aryl methyl sites for hydroxylation is 1. The Balaban J connectivity index is 1.68. The molecular formula is C20H15ClF6N4O. The molecule has 1 amide bonds. The number of pyridine rings is 1. The van der Waals surface area contributed by atoms with Gasteiger partial charge in [-0.05, 0) is 44.0 Å². The van der Waals surface area contributed by atoms with Gasteiger partial charge in [0.15, 0.2) is 5.65 Å². The molecule has 32 heavy (non-hydrogen) atoms. The number of hydrogen-bond donors (Lipinski definition) is 1. The molecular weight excluding hydrogens is 462 g/mol. The van der Waals surface area contributed by atoms with Crippen LogP contribution >= 0.6 is 11.6 Å². The highest BCUT2D eigenvalue weighted by molar-refractivity contribution is 6.33. The predicted molar refractivity (Wildman–Crippen MR) is 104 cm³/mol. The van der Waals surface area contributed by atoms with Crippen LogP contribution in [0.3, 0.4) is 0 Å². The van der Waals surface area contributed by atoms with Crippen LogP contribution in [-0.4, -0.2) is 20.7 Å². The number of amides is 1. The van der Waals surface area contributed by atoms with E-state index in [1.165, 1.54) is 6.92 Å². The zero-order valence-electron chi connectivity index (χ0n) is 16.4.